The molecule has 158 valence electrons. The molecule has 0 amide bonds. The number of hydrogen-bond donors (Lipinski definition) is 1. The average molecular weight is 435 g/mol. The van der Waals surface area contributed by atoms with Crippen molar-refractivity contribution in [3.05, 3.63) is 59.5 Å². The first-order valence-corrected chi connectivity index (χ1v) is 10.6. The van der Waals surface area contributed by atoms with Crippen molar-refractivity contribution in [1.29, 1.82) is 0 Å². The van der Waals surface area contributed by atoms with Crippen LogP contribution in [-0.2, 0) is 4.74 Å². The number of thiophene rings is 1. The Balaban J connectivity index is 1.94. The normalized spacial score (nSPS) is 10.8. The van der Waals surface area contributed by atoms with E-state index in [0.29, 0.717) is 15.4 Å². The summed E-state index contributed by atoms with van der Waals surface area (Å²) in [7, 11) is 3.26. The maximum atomic E-state index is 12.4. The third-order valence-electron chi connectivity index (χ3n) is 4.95. The molecule has 0 saturated heterocycles. The van der Waals surface area contributed by atoms with Gasteiger partial charge in [0.15, 0.2) is 0 Å². The lowest BCUT2D eigenvalue weighted by Gasteiger charge is -2.10. The molecule has 4 aromatic rings. The van der Waals surface area contributed by atoms with Crippen LogP contribution in [0.25, 0.3) is 32.6 Å². The Labute approximate surface area is 184 Å². The summed E-state index contributed by atoms with van der Waals surface area (Å²) in [4.78, 5) is 18.3. The van der Waals surface area contributed by atoms with Crippen LogP contribution in [0.4, 0.5) is 5.69 Å². The summed E-state index contributed by atoms with van der Waals surface area (Å²) >= 11 is 1.24. The number of carbonyl (C=O) groups excluding carboxylic acids is 1. The highest BCUT2D eigenvalue weighted by Gasteiger charge is 2.22. The Morgan fingerprint density at radius 3 is 2.10 bits per heavy atom. The Morgan fingerprint density at radius 1 is 0.968 bits per heavy atom. The zero-order chi connectivity index (χ0) is 22.0. The topological polar surface area (TPSA) is 83.7 Å². The number of aromatic nitrogens is 1. The number of esters is 1. The van der Waals surface area contributed by atoms with E-state index < -0.39 is 5.97 Å². The molecule has 31 heavy (non-hydrogen) atoms. The molecule has 0 bridgehead atoms. The van der Waals surface area contributed by atoms with Crippen LogP contribution >= 0.6 is 11.3 Å². The predicted octanol–water partition coefficient (Wildman–Crippen LogP) is 5.41. The summed E-state index contributed by atoms with van der Waals surface area (Å²) in [5.41, 5.74) is 10.4. The van der Waals surface area contributed by atoms with Gasteiger partial charge in [-0.05, 0) is 60.5 Å². The zero-order valence-corrected chi connectivity index (χ0v) is 18.3. The van der Waals surface area contributed by atoms with Gasteiger partial charge in [0.1, 0.15) is 21.2 Å². The molecule has 0 aliphatic rings. The standard InChI is InChI=1S/C24H22N2O4S/c1-4-30-24(27)22-21(25)20-18(14-5-9-16(28-2)10-6-14)13-19(26-23(20)31-22)15-7-11-17(29-3)12-8-15/h5-13H,4,25H2,1-3H3. The fourth-order valence-electron chi connectivity index (χ4n) is 3.38. The molecule has 2 aromatic heterocycles. The number of rotatable bonds is 6. The van der Waals surface area contributed by atoms with Crippen molar-refractivity contribution in [2.75, 3.05) is 26.6 Å². The molecular weight excluding hydrogens is 412 g/mol. The van der Waals surface area contributed by atoms with Crippen LogP contribution in [-0.4, -0.2) is 31.8 Å². The highest BCUT2D eigenvalue weighted by atomic mass is 32.1. The molecule has 0 saturated carbocycles. The maximum Gasteiger partial charge on any atom is 0.350 e. The second kappa shape index (κ2) is 8.65. The molecule has 6 nitrogen and oxygen atoms in total. The Kier molecular flexibility index (Phi) is 5.77. The summed E-state index contributed by atoms with van der Waals surface area (Å²) in [5, 5.41) is 0.746. The highest BCUT2D eigenvalue weighted by molar-refractivity contribution is 7.21. The van der Waals surface area contributed by atoms with Gasteiger partial charge in [0.2, 0.25) is 0 Å². The van der Waals surface area contributed by atoms with Gasteiger partial charge in [0, 0.05) is 10.9 Å². The van der Waals surface area contributed by atoms with Gasteiger partial charge in [-0.1, -0.05) is 12.1 Å². The lowest BCUT2D eigenvalue weighted by molar-refractivity contribution is 0.0533. The van der Waals surface area contributed by atoms with E-state index in [4.69, 9.17) is 24.9 Å². The van der Waals surface area contributed by atoms with E-state index in [1.54, 1.807) is 21.1 Å². The first-order valence-electron chi connectivity index (χ1n) is 9.74. The SMILES string of the molecule is CCOC(=O)c1sc2nc(-c3ccc(OC)cc3)cc(-c3ccc(OC)cc3)c2c1N. The molecule has 0 unspecified atom stereocenters. The number of pyridine rings is 1. The van der Waals surface area contributed by atoms with Gasteiger partial charge >= 0.3 is 5.97 Å². The van der Waals surface area contributed by atoms with Crippen molar-refractivity contribution in [2.45, 2.75) is 6.92 Å². The van der Waals surface area contributed by atoms with Crippen molar-refractivity contribution in [2.24, 2.45) is 0 Å². The molecule has 0 aliphatic heterocycles. The van der Waals surface area contributed by atoms with E-state index in [1.165, 1.54) is 11.3 Å². The number of fused-ring (bicyclic) bond motifs is 1. The second-order valence-electron chi connectivity index (χ2n) is 6.76. The lowest BCUT2D eigenvalue weighted by Crippen LogP contribution is -2.04. The summed E-state index contributed by atoms with van der Waals surface area (Å²) < 4.78 is 15.7. The fraction of sp³-hybridized carbons (Fsp3) is 0.167. The Hall–Kier alpha value is -3.58. The van der Waals surface area contributed by atoms with Crippen LogP contribution in [0.5, 0.6) is 11.5 Å². The molecular formula is C24H22N2O4S. The number of methoxy groups -OCH3 is 2. The second-order valence-corrected chi connectivity index (χ2v) is 7.76. The average Bonchev–Trinajstić information content (AvgIpc) is 3.15. The number of anilines is 1. The van der Waals surface area contributed by atoms with Crippen LogP contribution in [0.2, 0.25) is 0 Å². The van der Waals surface area contributed by atoms with Crippen molar-refractivity contribution in [3.63, 3.8) is 0 Å². The smallest absolute Gasteiger partial charge is 0.350 e. The number of carbonyl (C=O) groups is 1. The van der Waals surface area contributed by atoms with Crippen LogP contribution in [0, 0.1) is 0 Å². The first kappa shape index (κ1) is 20.7. The Morgan fingerprint density at radius 2 is 1.55 bits per heavy atom. The molecule has 2 heterocycles. The molecule has 0 aliphatic carbocycles. The summed E-state index contributed by atoms with van der Waals surface area (Å²) in [6.07, 6.45) is 0. The lowest BCUT2D eigenvalue weighted by atomic mass is 9.99. The van der Waals surface area contributed by atoms with Crippen LogP contribution in [0.15, 0.2) is 54.6 Å². The molecule has 0 fully saturated rings. The van der Waals surface area contributed by atoms with E-state index in [2.05, 4.69) is 0 Å². The summed E-state index contributed by atoms with van der Waals surface area (Å²) in [6, 6.07) is 17.4. The molecule has 0 atom stereocenters. The van der Waals surface area contributed by atoms with Crippen molar-refractivity contribution < 1.29 is 19.0 Å². The molecule has 4 rings (SSSR count). The number of ether oxygens (including phenoxy) is 3. The van der Waals surface area contributed by atoms with E-state index in [-0.39, 0.29) is 6.61 Å². The van der Waals surface area contributed by atoms with E-state index >= 15 is 0 Å². The van der Waals surface area contributed by atoms with Crippen LogP contribution < -0.4 is 15.2 Å². The number of nitrogens with two attached hydrogens (primary N) is 1. The highest BCUT2D eigenvalue weighted by Crippen LogP contribution is 2.42. The molecule has 2 N–H and O–H groups in total. The monoisotopic (exact) mass is 434 g/mol. The quantitative estimate of drug-likeness (QED) is 0.409. The van der Waals surface area contributed by atoms with Crippen molar-refractivity contribution >= 4 is 33.2 Å². The van der Waals surface area contributed by atoms with Gasteiger partial charge in [0.25, 0.3) is 0 Å². The van der Waals surface area contributed by atoms with Crippen LogP contribution in [0.1, 0.15) is 16.6 Å². The van der Waals surface area contributed by atoms with Gasteiger partial charge in [-0.15, -0.1) is 11.3 Å². The number of hydrogen-bond acceptors (Lipinski definition) is 7. The van der Waals surface area contributed by atoms with E-state index in [0.717, 1.165) is 39.3 Å². The van der Waals surface area contributed by atoms with E-state index in [1.807, 2.05) is 54.6 Å². The number of benzene rings is 2. The maximum absolute atomic E-state index is 12.4. The molecule has 0 spiro atoms. The molecule has 2 aromatic carbocycles. The minimum Gasteiger partial charge on any atom is -0.497 e. The number of nitrogen functional groups attached to an aromatic ring is 1. The molecule has 0 radical (unpaired) electrons. The minimum atomic E-state index is -0.435. The van der Waals surface area contributed by atoms with Crippen molar-refractivity contribution in [1.82, 2.24) is 4.98 Å². The predicted molar refractivity (Wildman–Crippen MR) is 124 cm³/mol. The summed E-state index contributed by atoms with van der Waals surface area (Å²) in [6.45, 7) is 2.05. The zero-order valence-electron chi connectivity index (χ0n) is 17.5. The van der Waals surface area contributed by atoms with Gasteiger partial charge in [-0.2, -0.15) is 0 Å². The van der Waals surface area contributed by atoms with Gasteiger partial charge in [0.05, 0.1) is 32.2 Å². The fourth-order valence-corrected chi connectivity index (χ4v) is 4.39. The first-order chi connectivity index (χ1) is 15.0. The third-order valence-corrected chi connectivity index (χ3v) is 6.03. The largest absolute Gasteiger partial charge is 0.497 e. The summed E-state index contributed by atoms with van der Waals surface area (Å²) in [5.74, 6) is 1.09. The Bertz CT molecular complexity index is 1230. The third kappa shape index (κ3) is 3.92. The number of nitrogens with zero attached hydrogens (tertiary/aromatic N) is 1. The van der Waals surface area contributed by atoms with Crippen molar-refractivity contribution in [3.8, 4) is 33.9 Å². The van der Waals surface area contributed by atoms with Crippen LogP contribution in [0.3, 0.4) is 0 Å². The minimum absolute atomic E-state index is 0.280. The van der Waals surface area contributed by atoms with Gasteiger partial charge in [-0.3, -0.25) is 0 Å². The van der Waals surface area contributed by atoms with Gasteiger partial charge in [-0.25, -0.2) is 9.78 Å². The van der Waals surface area contributed by atoms with E-state index in [9.17, 15) is 4.79 Å². The molecule has 7 heteroatoms. The van der Waals surface area contributed by atoms with Gasteiger partial charge < -0.3 is 19.9 Å².